The highest BCUT2D eigenvalue weighted by atomic mass is 16.5. The van der Waals surface area contributed by atoms with Gasteiger partial charge in [-0.25, -0.2) is 9.78 Å². The number of esters is 1. The van der Waals surface area contributed by atoms with E-state index in [1.807, 2.05) is 38.1 Å². The summed E-state index contributed by atoms with van der Waals surface area (Å²) in [5.41, 5.74) is 5.46. The molecule has 0 aliphatic carbocycles. The number of nitrogens with zero attached hydrogens (tertiary/aromatic N) is 3. The molecule has 0 fully saturated rings. The van der Waals surface area contributed by atoms with E-state index in [4.69, 9.17) is 9.72 Å². The third-order valence-corrected chi connectivity index (χ3v) is 5.66. The minimum atomic E-state index is -0.307. The maximum Gasteiger partial charge on any atom is 0.338 e. The molecule has 1 aliphatic heterocycles. The number of rotatable bonds is 6. The third kappa shape index (κ3) is 3.32. The van der Waals surface area contributed by atoms with Crippen LogP contribution in [0.15, 0.2) is 59.8 Å². The monoisotopic (exact) mass is 404 g/mol. The maximum atomic E-state index is 13.0. The second kappa shape index (κ2) is 8.22. The Morgan fingerprint density at radius 1 is 1.10 bits per heavy atom. The van der Waals surface area contributed by atoms with Crippen molar-refractivity contribution in [2.75, 3.05) is 29.9 Å². The van der Waals surface area contributed by atoms with E-state index in [1.165, 1.54) is 5.69 Å². The summed E-state index contributed by atoms with van der Waals surface area (Å²) < 4.78 is 7.52. The lowest BCUT2D eigenvalue weighted by atomic mass is 9.94. The Bertz CT molecular complexity index is 1090. The number of hydrogen-bond donors (Lipinski definition) is 1. The Balaban J connectivity index is 1.88. The number of anilines is 2. The van der Waals surface area contributed by atoms with Crippen molar-refractivity contribution in [1.82, 2.24) is 9.55 Å². The molecule has 6 nitrogen and oxygen atoms in total. The minimum Gasteiger partial charge on any atom is -0.463 e. The summed E-state index contributed by atoms with van der Waals surface area (Å²) in [5, 5.41) is 3.31. The number of para-hydroxylation sites is 2. The van der Waals surface area contributed by atoms with Crippen LogP contribution in [0.3, 0.4) is 0 Å². The zero-order chi connectivity index (χ0) is 21.3. The summed E-state index contributed by atoms with van der Waals surface area (Å²) in [7, 11) is 0. The topological polar surface area (TPSA) is 59.4 Å². The number of fused-ring (bicyclic) bond motifs is 3. The van der Waals surface area contributed by atoms with E-state index in [-0.39, 0.29) is 12.0 Å². The third-order valence-electron chi connectivity index (χ3n) is 5.66. The second-order valence-corrected chi connectivity index (χ2v) is 7.34. The molecule has 0 spiro atoms. The molecule has 0 bridgehead atoms. The molecule has 2 aromatic carbocycles. The number of aromatic nitrogens is 2. The smallest absolute Gasteiger partial charge is 0.338 e. The van der Waals surface area contributed by atoms with Crippen LogP contribution in [0.5, 0.6) is 0 Å². The van der Waals surface area contributed by atoms with Crippen molar-refractivity contribution >= 4 is 28.6 Å². The van der Waals surface area contributed by atoms with Gasteiger partial charge in [-0.2, -0.15) is 0 Å². The predicted molar refractivity (Wildman–Crippen MR) is 121 cm³/mol. The maximum absolute atomic E-state index is 13.0. The molecule has 1 N–H and O–H groups in total. The number of carbonyl (C=O) groups is 1. The number of benzene rings is 2. The van der Waals surface area contributed by atoms with Crippen molar-refractivity contribution in [3.8, 4) is 0 Å². The minimum absolute atomic E-state index is 0.302. The van der Waals surface area contributed by atoms with Gasteiger partial charge in [-0.15, -0.1) is 0 Å². The first kappa shape index (κ1) is 20.0. The van der Waals surface area contributed by atoms with Crippen molar-refractivity contribution in [2.24, 2.45) is 0 Å². The molecule has 1 atom stereocenters. The largest absolute Gasteiger partial charge is 0.463 e. The summed E-state index contributed by atoms with van der Waals surface area (Å²) in [6.07, 6.45) is 0. The predicted octanol–water partition coefficient (Wildman–Crippen LogP) is 4.73. The van der Waals surface area contributed by atoms with Gasteiger partial charge in [-0.3, -0.25) is 4.57 Å². The van der Waals surface area contributed by atoms with E-state index < -0.39 is 0 Å². The van der Waals surface area contributed by atoms with Gasteiger partial charge in [0.15, 0.2) is 0 Å². The van der Waals surface area contributed by atoms with E-state index in [0.29, 0.717) is 12.2 Å². The highest BCUT2D eigenvalue weighted by Gasteiger charge is 2.34. The van der Waals surface area contributed by atoms with Crippen molar-refractivity contribution in [3.05, 3.63) is 65.4 Å². The first-order valence-electron chi connectivity index (χ1n) is 10.6. The first-order valence-corrected chi connectivity index (χ1v) is 10.6. The molecule has 0 radical (unpaired) electrons. The fraction of sp³-hybridized carbons (Fsp3) is 0.333. The molecular weight excluding hydrogens is 376 g/mol. The van der Waals surface area contributed by atoms with E-state index in [0.717, 1.165) is 41.3 Å². The van der Waals surface area contributed by atoms with Gasteiger partial charge in [-0.1, -0.05) is 24.3 Å². The number of ether oxygens (including phenoxy) is 1. The zero-order valence-corrected chi connectivity index (χ0v) is 18.0. The Hall–Kier alpha value is -3.28. The number of imidazole rings is 1. The van der Waals surface area contributed by atoms with Gasteiger partial charge >= 0.3 is 5.97 Å². The Kier molecular flexibility index (Phi) is 5.48. The van der Waals surface area contributed by atoms with Crippen molar-refractivity contribution < 1.29 is 9.53 Å². The van der Waals surface area contributed by atoms with E-state index in [2.05, 4.69) is 52.9 Å². The highest BCUT2D eigenvalue weighted by Crippen LogP contribution is 2.39. The molecule has 3 aromatic rings. The van der Waals surface area contributed by atoms with Crippen LogP contribution in [0.1, 0.15) is 39.3 Å². The summed E-state index contributed by atoms with van der Waals surface area (Å²) >= 11 is 0. The number of hydrogen-bond acceptors (Lipinski definition) is 5. The lowest BCUT2D eigenvalue weighted by molar-refractivity contribution is -0.139. The highest BCUT2D eigenvalue weighted by molar-refractivity contribution is 5.94. The molecule has 0 saturated carbocycles. The molecular formula is C24H28N4O2. The van der Waals surface area contributed by atoms with Gasteiger partial charge in [0.25, 0.3) is 0 Å². The summed E-state index contributed by atoms with van der Waals surface area (Å²) in [5.74, 6) is 0.434. The molecule has 1 aliphatic rings. The molecule has 30 heavy (non-hydrogen) atoms. The van der Waals surface area contributed by atoms with Crippen LogP contribution in [-0.4, -0.2) is 35.2 Å². The average molecular weight is 405 g/mol. The van der Waals surface area contributed by atoms with E-state index in [1.54, 1.807) is 0 Å². The molecule has 0 amide bonds. The quantitative estimate of drug-likeness (QED) is 0.602. The molecule has 2 heterocycles. The molecule has 6 heteroatoms. The first-order chi connectivity index (χ1) is 14.6. The summed E-state index contributed by atoms with van der Waals surface area (Å²) in [6, 6.07) is 16.1. The fourth-order valence-corrected chi connectivity index (χ4v) is 4.21. The standard InChI is InChI=1S/C24H28N4O2/c1-5-27(6-2)18-14-12-17(13-15-18)22-21(23(29)30-7-3)16(4)25-24-26-19-10-8-9-11-20(19)28(22)24/h8-15,22H,5-7H2,1-4H3,(H,25,26). The molecule has 1 unspecified atom stereocenters. The van der Waals surface area contributed by atoms with Crippen LogP contribution in [0.2, 0.25) is 0 Å². The van der Waals surface area contributed by atoms with Gasteiger partial charge in [0, 0.05) is 24.5 Å². The van der Waals surface area contributed by atoms with Crippen LogP contribution >= 0.6 is 0 Å². The van der Waals surface area contributed by atoms with Crippen LogP contribution in [-0.2, 0) is 9.53 Å². The molecule has 156 valence electrons. The van der Waals surface area contributed by atoms with Gasteiger partial charge in [0.1, 0.15) is 0 Å². The van der Waals surface area contributed by atoms with E-state index in [9.17, 15) is 4.79 Å². The molecule has 1 aromatic heterocycles. The summed E-state index contributed by atoms with van der Waals surface area (Å²) in [4.78, 5) is 20.0. The second-order valence-electron chi connectivity index (χ2n) is 7.34. The zero-order valence-electron chi connectivity index (χ0n) is 18.0. The van der Waals surface area contributed by atoms with Crippen molar-refractivity contribution in [3.63, 3.8) is 0 Å². The Morgan fingerprint density at radius 2 is 1.80 bits per heavy atom. The number of allylic oxidation sites excluding steroid dienone is 1. The van der Waals surface area contributed by atoms with Gasteiger partial charge < -0.3 is 15.0 Å². The van der Waals surface area contributed by atoms with Crippen molar-refractivity contribution in [1.29, 1.82) is 0 Å². The Labute approximate surface area is 177 Å². The van der Waals surface area contributed by atoms with Gasteiger partial charge in [0.2, 0.25) is 5.95 Å². The van der Waals surface area contributed by atoms with Crippen LogP contribution < -0.4 is 10.2 Å². The van der Waals surface area contributed by atoms with Crippen LogP contribution in [0, 0.1) is 0 Å². The Morgan fingerprint density at radius 3 is 2.47 bits per heavy atom. The van der Waals surface area contributed by atoms with Gasteiger partial charge in [0.05, 0.1) is 29.3 Å². The number of carbonyl (C=O) groups excluding carboxylic acids is 1. The molecule has 4 rings (SSSR count). The van der Waals surface area contributed by atoms with E-state index >= 15 is 0 Å². The average Bonchev–Trinajstić information content (AvgIpc) is 3.12. The van der Waals surface area contributed by atoms with Gasteiger partial charge in [-0.05, 0) is 57.5 Å². The van der Waals surface area contributed by atoms with Crippen LogP contribution in [0.25, 0.3) is 11.0 Å². The fourth-order valence-electron chi connectivity index (χ4n) is 4.21. The van der Waals surface area contributed by atoms with Crippen LogP contribution in [0.4, 0.5) is 11.6 Å². The number of nitrogens with one attached hydrogen (secondary N) is 1. The summed E-state index contributed by atoms with van der Waals surface area (Å²) in [6.45, 7) is 10.3. The lowest BCUT2D eigenvalue weighted by Gasteiger charge is -2.30. The molecule has 0 saturated heterocycles. The van der Waals surface area contributed by atoms with Crippen molar-refractivity contribution in [2.45, 2.75) is 33.7 Å². The lowest BCUT2D eigenvalue weighted by Crippen LogP contribution is -2.29. The SMILES string of the molecule is CCOC(=O)C1=C(C)Nc2nc3ccccc3n2C1c1ccc(N(CC)CC)cc1. The normalized spacial score (nSPS) is 15.7.